The zero-order valence-electron chi connectivity index (χ0n) is 14.8. The quantitative estimate of drug-likeness (QED) is 0.548. The molecule has 2 aromatic rings. The van der Waals surface area contributed by atoms with E-state index in [1.165, 1.54) is 0 Å². The molecule has 0 amide bonds. The second-order valence-corrected chi connectivity index (χ2v) is 6.50. The van der Waals surface area contributed by atoms with Crippen molar-refractivity contribution in [2.24, 2.45) is 9.98 Å². The molecular weight excluding hydrogens is 428 g/mol. The molecule has 1 aliphatic carbocycles. The van der Waals surface area contributed by atoms with Gasteiger partial charge in [0, 0.05) is 23.6 Å². The molecule has 1 fully saturated rings. The molecule has 0 aromatic heterocycles. The number of rotatable bonds is 4. The van der Waals surface area contributed by atoms with E-state index in [4.69, 9.17) is 6.80 Å². The van der Waals surface area contributed by atoms with Gasteiger partial charge in [-0.1, -0.05) is 37.1 Å². The van der Waals surface area contributed by atoms with Gasteiger partial charge in [-0.15, -0.1) is 0 Å². The van der Waals surface area contributed by atoms with Crippen molar-refractivity contribution in [3.8, 4) is 11.5 Å². The van der Waals surface area contributed by atoms with Gasteiger partial charge >= 0.3 is 25.3 Å². The third-order valence-corrected chi connectivity index (χ3v) is 4.38. The molecule has 0 radical (unpaired) electrons. The summed E-state index contributed by atoms with van der Waals surface area (Å²) in [6.45, 7) is 0. The van der Waals surface area contributed by atoms with Gasteiger partial charge in [-0.3, -0.25) is 9.98 Å². The van der Waals surface area contributed by atoms with Crippen LogP contribution in [-0.4, -0.2) is 34.7 Å². The number of hydrogen-bond donors (Lipinski definition) is 2. The number of phenols is 2. The Balaban J connectivity index is 0.000000817. The molecule has 0 unspecified atom stereocenters. The normalized spacial score (nSPS) is 19.6. The molecule has 0 spiro atoms. The van der Waals surface area contributed by atoms with Crippen molar-refractivity contribution in [2.45, 2.75) is 37.8 Å². The first-order valence-corrected chi connectivity index (χ1v) is 10.3. The van der Waals surface area contributed by atoms with Crippen molar-refractivity contribution >= 4 is 12.4 Å². The van der Waals surface area contributed by atoms with Crippen molar-refractivity contribution < 1.29 is 35.5 Å². The van der Waals surface area contributed by atoms with E-state index >= 15 is 0 Å². The molecule has 2 aromatic carbocycles. The molecule has 0 heterocycles. The fraction of sp³-hybridized carbons (Fsp3) is 0.300. The zero-order valence-corrected chi connectivity index (χ0v) is 16.8. The molecule has 0 saturated heterocycles. The van der Waals surface area contributed by atoms with Crippen LogP contribution in [0.4, 0.5) is 0 Å². The van der Waals surface area contributed by atoms with Gasteiger partial charge in [0.05, 0.1) is 12.1 Å². The van der Waals surface area contributed by atoms with Crippen LogP contribution < -0.4 is 0 Å². The van der Waals surface area contributed by atoms with E-state index in [1.807, 2.05) is 24.3 Å². The second-order valence-electron chi connectivity index (χ2n) is 6.16. The van der Waals surface area contributed by atoms with Crippen molar-refractivity contribution in [3.05, 3.63) is 59.7 Å². The molecular formula is C20H22MoN2O4. The summed E-state index contributed by atoms with van der Waals surface area (Å²) in [6, 6.07) is 14.6. The van der Waals surface area contributed by atoms with Crippen LogP contribution in [0.15, 0.2) is 58.5 Å². The summed E-state index contributed by atoms with van der Waals surface area (Å²) in [4.78, 5) is 9.34. The maximum atomic E-state index is 9.84. The molecule has 2 N–H and O–H groups in total. The van der Waals surface area contributed by atoms with E-state index < -0.39 is 18.5 Å². The molecule has 1 aliphatic rings. The summed E-state index contributed by atoms with van der Waals surface area (Å²) in [5, 5.41) is 19.7. The Morgan fingerprint density at radius 1 is 0.778 bits per heavy atom. The van der Waals surface area contributed by atoms with Crippen molar-refractivity contribution in [2.75, 3.05) is 0 Å². The van der Waals surface area contributed by atoms with Gasteiger partial charge < -0.3 is 10.2 Å². The summed E-state index contributed by atoms with van der Waals surface area (Å²) < 4.78 is 17.0. The van der Waals surface area contributed by atoms with Gasteiger partial charge in [0.2, 0.25) is 0 Å². The van der Waals surface area contributed by atoms with Crippen LogP contribution in [0.25, 0.3) is 0 Å². The van der Waals surface area contributed by atoms with Crippen LogP contribution in [0.1, 0.15) is 36.8 Å². The number of nitrogens with zero attached hydrogens (tertiary/aromatic N) is 2. The first kappa shape index (κ1) is 21.0. The summed E-state index contributed by atoms with van der Waals surface area (Å²) in [5.74, 6) is 0.484. The van der Waals surface area contributed by atoms with E-state index in [1.54, 1.807) is 36.7 Å². The number of benzene rings is 2. The van der Waals surface area contributed by atoms with Gasteiger partial charge in [0.25, 0.3) is 0 Å². The predicted molar refractivity (Wildman–Crippen MR) is 98.8 cm³/mol. The molecule has 0 bridgehead atoms. The fourth-order valence-corrected chi connectivity index (χ4v) is 2.98. The van der Waals surface area contributed by atoms with Gasteiger partial charge in [0.15, 0.2) is 0 Å². The molecule has 0 aliphatic heterocycles. The average molecular weight is 450 g/mol. The minimum atomic E-state index is -2.03. The number of hydrogen-bond acceptors (Lipinski definition) is 6. The SMILES string of the molecule is Oc1ccccc1C=N[C@@H]1CCCC[C@H]1N=Cc1ccccc1O.[O]=[Mo]=[O]. The first-order chi connectivity index (χ1) is 13.2. The molecule has 27 heavy (non-hydrogen) atoms. The Morgan fingerprint density at radius 3 is 1.52 bits per heavy atom. The standard InChI is InChI=1S/C20H22N2O2.Mo.2O/c23-19-11-5-1-7-15(19)13-21-17-9-3-4-10-18(17)22-14-16-8-2-6-12-20(16)24;;;/h1-2,5-8,11-14,17-18,23-24H,3-4,9-10H2;;;/t17-,18-;;;/m1.../s1. The Labute approximate surface area is 166 Å². The van der Waals surface area contributed by atoms with E-state index in [-0.39, 0.29) is 23.6 Å². The van der Waals surface area contributed by atoms with Gasteiger partial charge in [-0.25, -0.2) is 0 Å². The van der Waals surface area contributed by atoms with E-state index in [0.717, 1.165) is 36.8 Å². The Morgan fingerprint density at radius 2 is 1.15 bits per heavy atom. The predicted octanol–water partition coefficient (Wildman–Crippen LogP) is 3.71. The van der Waals surface area contributed by atoms with E-state index in [9.17, 15) is 10.2 Å². The van der Waals surface area contributed by atoms with Crippen LogP contribution in [-0.2, 0) is 25.3 Å². The number of phenolic OH excluding ortho intramolecular Hbond substituents is 2. The van der Waals surface area contributed by atoms with Gasteiger partial charge in [-0.05, 0) is 37.1 Å². The average Bonchev–Trinajstić information content (AvgIpc) is 2.68. The van der Waals surface area contributed by atoms with Crippen molar-refractivity contribution in [1.82, 2.24) is 0 Å². The van der Waals surface area contributed by atoms with Gasteiger partial charge in [0.1, 0.15) is 11.5 Å². The second kappa shape index (κ2) is 11.4. The van der Waals surface area contributed by atoms with Crippen LogP contribution >= 0.6 is 0 Å². The molecule has 1 saturated carbocycles. The zero-order chi connectivity index (χ0) is 19.5. The molecule has 7 heteroatoms. The third-order valence-electron chi connectivity index (χ3n) is 4.38. The number of aliphatic imine (C=N–C) groups is 2. The monoisotopic (exact) mass is 452 g/mol. The summed E-state index contributed by atoms with van der Waals surface area (Å²) in [7, 11) is 0. The molecule has 6 nitrogen and oxygen atoms in total. The Hall–Kier alpha value is -2.33. The number of para-hydroxylation sites is 2. The number of aromatic hydroxyl groups is 2. The summed E-state index contributed by atoms with van der Waals surface area (Å²) >= 11 is -2.03. The third kappa shape index (κ3) is 6.72. The van der Waals surface area contributed by atoms with Gasteiger partial charge in [-0.2, -0.15) is 0 Å². The maximum absolute atomic E-state index is 9.84. The van der Waals surface area contributed by atoms with E-state index in [0.29, 0.717) is 0 Å². The fourth-order valence-electron chi connectivity index (χ4n) is 2.98. The van der Waals surface area contributed by atoms with Crippen LogP contribution in [0, 0.1) is 0 Å². The Bertz CT molecular complexity index is 769. The summed E-state index contributed by atoms with van der Waals surface area (Å²) in [5.41, 5.74) is 1.46. The molecule has 142 valence electrons. The van der Waals surface area contributed by atoms with Crippen molar-refractivity contribution in [1.29, 1.82) is 0 Å². The molecule has 2 atom stereocenters. The van der Waals surface area contributed by atoms with Crippen LogP contribution in [0.2, 0.25) is 0 Å². The van der Waals surface area contributed by atoms with Crippen LogP contribution in [0.5, 0.6) is 11.5 Å². The van der Waals surface area contributed by atoms with Crippen LogP contribution in [0.3, 0.4) is 0 Å². The van der Waals surface area contributed by atoms with E-state index in [2.05, 4.69) is 9.98 Å². The minimum absolute atomic E-state index is 0.112. The topological polar surface area (TPSA) is 99.3 Å². The molecule has 3 rings (SSSR count). The van der Waals surface area contributed by atoms with Crippen molar-refractivity contribution in [3.63, 3.8) is 0 Å². The summed E-state index contributed by atoms with van der Waals surface area (Å²) in [6.07, 6.45) is 7.76. The first-order valence-electron chi connectivity index (χ1n) is 8.70. The Kier molecular flexibility index (Phi) is 8.85.